The van der Waals surface area contributed by atoms with E-state index in [0.29, 0.717) is 0 Å². The van der Waals surface area contributed by atoms with Crippen LogP contribution in [0, 0.1) is 0 Å². The van der Waals surface area contributed by atoms with Crippen LogP contribution in [0.25, 0.3) is 0 Å². The van der Waals surface area contributed by atoms with E-state index in [-0.39, 0.29) is 5.54 Å². The molecule has 0 bridgehead atoms. The molecule has 19 heavy (non-hydrogen) atoms. The van der Waals surface area contributed by atoms with Gasteiger partial charge in [0.05, 0.1) is 5.54 Å². The van der Waals surface area contributed by atoms with Gasteiger partial charge in [-0.25, -0.2) is 10.0 Å². The molecule has 2 nitrogen and oxygen atoms in total. The standard InChI is InChI=1S/C17H24N2/c1-4-17(13-9-6-10-14-17)19(18(2)3)15-16-11-7-5-8-12-16/h5-13H,4,14-15H2,1-3H3. The second-order valence-electron chi connectivity index (χ2n) is 5.34. The molecule has 2 heteroatoms. The molecule has 2 rings (SSSR count). The van der Waals surface area contributed by atoms with E-state index in [1.807, 2.05) is 0 Å². The molecule has 0 fully saturated rings. The van der Waals surface area contributed by atoms with Crippen molar-refractivity contribution in [3.05, 3.63) is 60.2 Å². The normalized spacial score (nSPS) is 22.4. The van der Waals surface area contributed by atoms with E-state index < -0.39 is 0 Å². The predicted molar refractivity (Wildman–Crippen MR) is 81.6 cm³/mol. The van der Waals surface area contributed by atoms with E-state index in [2.05, 4.69) is 85.7 Å². The SMILES string of the molecule is CCC1(N(Cc2ccccc2)N(C)C)C=CC=CC1. The van der Waals surface area contributed by atoms with Crippen LogP contribution in [0.4, 0.5) is 0 Å². The van der Waals surface area contributed by atoms with Crippen LogP contribution >= 0.6 is 0 Å². The average Bonchev–Trinajstić information content (AvgIpc) is 2.46. The van der Waals surface area contributed by atoms with Gasteiger partial charge in [-0.2, -0.15) is 0 Å². The molecule has 0 radical (unpaired) electrons. The Labute approximate surface area is 117 Å². The minimum Gasteiger partial charge on any atom is -0.247 e. The molecule has 1 unspecified atom stereocenters. The summed E-state index contributed by atoms with van der Waals surface area (Å²) >= 11 is 0. The van der Waals surface area contributed by atoms with E-state index >= 15 is 0 Å². The second-order valence-corrected chi connectivity index (χ2v) is 5.34. The van der Waals surface area contributed by atoms with Gasteiger partial charge < -0.3 is 0 Å². The van der Waals surface area contributed by atoms with Gasteiger partial charge in [0.1, 0.15) is 0 Å². The Bertz CT molecular complexity index is 448. The number of allylic oxidation sites excluding steroid dienone is 2. The Morgan fingerprint density at radius 3 is 2.37 bits per heavy atom. The fraction of sp³-hybridized carbons (Fsp3) is 0.412. The molecule has 1 aromatic carbocycles. The summed E-state index contributed by atoms with van der Waals surface area (Å²) in [6.07, 6.45) is 11.1. The third kappa shape index (κ3) is 3.14. The van der Waals surface area contributed by atoms with Crippen molar-refractivity contribution >= 4 is 0 Å². The number of benzene rings is 1. The first-order chi connectivity index (χ1) is 9.18. The molecule has 0 aliphatic heterocycles. The van der Waals surface area contributed by atoms with Crippen molar-refractivity contribution in [2.24, 2.45) is 0 Å². The summed E-state index contributed by atoms with van der Waals surface area (Å²) in [4.78, 5) is 0. The van der Waals surface area contributed by atoms with Gasteiger partial charge in [0.25, 0.3) is 0 Å². The van der Waals surface area contributed by atoms with Gasteiger partial charge >= 0.3 is 0 Å². The minimum atomic E-state index is 0.105. The Morgan fingerprint density at radius 2 is 1.84 bits per heavy atom. The van der Waals surface area contributed by atoms with Crippen molar-refractivity contribution in [2.75, 3.05) is 14.1 Å². The molecule has 1 aromatic rings. The van der Waals surface area contributed by atoms with Crippen LogP contribution < -0.4 is 0 Å². The zero-order valence-corrected chi connectivity index (χ0v) is 12.2. The molecular formula is C17H24N2. The minimum absolute atomic E-state index is 0.105. The molecule has 0 spiro atoms. The summed E-state index contributed by atoms with van der Waals surface area (Å²) in [7, 11) is 4.26. The highest BCUT2D eigenvalue weighted by Crippen LogP contribution is 2.31. The van der Waals surface area contributed by atoms with Gasteiger partial charge in [-0.1, -0.05) is 61.6 Å². The molecule has 102 valence electrons. The first-order valence-electron chi connectivity index (χ1n) is 7.01. The second kappa shape index (κ2) is 6.18. The molecule has 0 saturated heterocycles. The van der Waals surface area contributed by atoms with Gasteiger partial charge in [-0.15, -0.1) is 0 Å². The fourth-order valence-electron chi connectivity index (χ4n) is 2.74. The van der Waals surface area contributed by atoms with E-state index in [4.69, 9.17) is 0 Å². The number of hydrogen-bond acceptors (Lipinski definition) is 2. The highest BCUT2D eigenvalue weighted by molar-refractivity contribution is 5.22. The zero-order valence-electron chi connectivity index (χ0n) is 12.2. The maximum absolute atomic E-state index is 2.46. The van der Waals surface area contributed by atoms with Gasteiger partial charge in [0, 0.05) is 20.6 Å². The van der Waals surface area contributed by atoms with Crippen molar-refractivity contribution in [2.45, 2.75) is 31.8 Å². The van der Waals surface area contributed by atoms with Crippen LogP contribution in [0.5, 0.6) is 0 Å². The molecule has 0 amide bonds. The molecule has 1 atom stereocenters. The average molecular weight is 256 g/mol. The number of rotatable bonds is 5. The van der Waals surface area contributed by atoms with Gasteiger partial charge in [-0.05, 0) is 18.4 Å². The zero-order chi connectivity index (χ0) is 13.7. The Hall–Kier alpha value is -1.38. The van der Waals surface area contributed by atoms with Gasteiger partial charge in [-0.3, -0.25) is 0 Å². The monoisotopic (exact) mass is 256 g/mol. The summed E-state index contributed by atoms with van der Waals surface area (Å²) in [6, 6.07) is 10.7. The van der Waals surface area contributed by atoms with E-state index in [1.54, 1.807) is 0 Å². The molecule has 0 saturated carbocycles. The Kier molecular flexibility index (Phi) is 4.56. The van der Waals surface area contributed by atoms with Crippen LogP contribution in [0.15, 0.2) is 54.6 Å². The third-order valence-electron chi connectivity index (χ3n) is 3.91. The lowest BCUT2D eigenvalue weighted by Gasteiger charge is -2.45. The van der Waals surface area contributed by atoms with Gasteiger partial charge in [0.15, 0.2) is 0 Å². The number of nitrogens with zero attached hydrogens (tertiary/aromatic N) is 2. The van der Waals surface area contributed by atoms with Crippen molar-refractivity contribution in [1.82, 2.24) is 10.0 Å². The molecule has 0 N–H and O–H groups in total. The summed E-state index contributed by atoms with van der Waals surface area (Å²) in [5.74, 6) is 0. The third-order valence-corrected chi connectivity index (χ3v) is 3.91. The van der Waals surface area contributed by atoms with Crippen LogP contribution in [-0.2, 0) is 6.54 Å². The number of hydrazine groups is 1. The summed E-state index contributed by atoms with van der Waals surface area (Å²) in [6.45, 7) is 3.21. The fourth-order valence-corrected chi connectivity index (χ4v) is 2.74. The van der Waals surface area contributed by atoms with Gasteiger partial charge in [0.2, 0.25) is 0 Å². The highest BCUT2D eigenvalue weighted by Gasteiger charge is 2.33. The maximum Gasteiger partial charge on any atom is 0.0574 e. The molecule has 0 heterocycles. The molecule has 1 aliphatic rings. The maximum atomic E-state index is 2.46. The lowest BCUT2D eigenvalue weighted by Crippen LogP contribution is -2.53. The van der Waals surface area contributed by atoms with E-state index in [0.717, 1.165) is 19.4 Å². The Balaban J connectivity index is 2.24. The van der Waals surface area contributed by atoms with Crippen molar-refractivity contribution in [1.29, 1.82) is 0 Å². The first kappa shape index (κ1) is 14.0. The highest BCUT2D eigenvalue weighted by atomic mass is 15.6. The van der Waals surface area contributed by atoms with Crippen molar-refractivity contribution in [3.63, 3.8) is 0 Å². The Morgan fingerprint density at radius 1 is 1.11 bits per heavy atom. The first-order valence-corrected chi connectivity index (χ1v) is 7.01. The van der Waals surface area contributed by atoms with E-state index in [1.165, 1.54) is 5.56 Å². The number of hydrogen-bond donors (Lipinski definition) is 0. The van der Waals surface area contributed by atoms with Crippen LogP contribution in [0.1, 0.15) is 25.3 Å². The summed E-state index contributed by atoms with van der Waals surface area (Å²) in [5, 5.41) is 4.68. The molecule has 1 aliphatic carbocycles. The smallest absolute Gasteiger partial charge is 0.0574 e. The van der Waals surface area contributed by atoms with Crippen molar-refractivity contribution < 1.29 is 0 Å². The topological polar surface area (TPSA) is 6.48 Å². The van der Waals surface area contributed by atoms with Crippen LogP contribution in [0.3, 0.4) is 0 Å². The van der Waals surface area contributed by atoms with Crippen LogP contribution in [-0.4, -0.2) is 29.7 Å². The lowest BCUT2D eigenvalue weighted by molar-refractivity contribution is -0.0654. The largest absolute Gasteiger partial charge is 0.247 e. The summed E-state index contributed by atoms with van der Waals surface area (Å²) < 4.78 is 0. The van der Waals surface area contributed by atoms with E-state index in [9.17, 15) is 0 Å². The predicted octanol–water partition coefficient (Wildman–Crippen LogP) is 3.63. The quantitative estimate of drug-likeness (QED) is 0.742. The molecule has 0 aromatic heterocycles. The van der Waals surface area contributed by atoms with Crippen molar-refractivity contribution in [3.8, 4) is 0 Å². The molecular weight excluding hydrogens is 232 g/mol. The summed E-state index contributed by atoms with van der Waals surface area (Å²) in [5.41, 5.74) is 1.46. The van der Waals surface area contributed by atoms with Crippen LogP contribution in [0.2, 0.25) is 0 Å². The lowest BCUT2D eigenvalue weighted by atomic mass is 9.87.